The number of benzene rings is 1. The Labute approximate surface area is 178 Å². The predicted molar refractivity (Wildman–Crippen MR) is 117 cm³/mol. The quantitative estimate of drug-likeness (QED) is 0.758. The summed E-state index contributed by atoms with van der Waals surface area (Å²) in [6.45, 7) is 7.54. The highest BCUT2D eigenvalue weighted by molar-refractivity contribution is 5.31. The zero-order chi connectivity index (χ0) is 20.3. The maximum Gasteiger partial charge on any atom is 0.267 e. The number of aryl methyl sites for hydroxylation is 2. The molecule has 0 saturated carbocycles. The molecule has 6 heteroatoms. The summed E-state index contributed by atoms with van der Waals surface area (Å²) >= 11 is 0. The molecule has 1 unspecified atom stereocenters. The van der Waals surface area contributed by atoms with Gasteiger partial charge in [-0.05, 0) is 48.8 Å². The van der Waals surface area contributed by atoms with Crippen LogP contribution in [0.3, 0.4) is 0 Å². The molecule has 0 radical (unpaired) electrons. The van der Waals surface area contributed by atoms with E-state index in [0.29, 0.717) is 6.54 Å². The minimum absolute atomic E-state index is 0.0578. The molecule has 30 heavy (non-hydrogen) atoms. The first kappa shape index (κ1) is 19.9. The fourth-order valence-corrected chi connectivity index (χ4v) is 5.06. The van der Waals surface area contributed by atoms with Crippen LogP contribution in [0.25, 0.3) is 0 Å². The highest BCUT2D eigenvalue weighted by Gasteiger charge is 2.25. The van der Waals surface area contributed by atoms with Crippen LogP contribution in [0, 0.1) is 0 Å². The Morgan fingerprint density at radius 2 is 1.73 bits per heavy atom. The van der Waals surface area contributed by atoms with Crippen molar-refractivity contribution in [1.29, 1.82) is 0 Å². The first-order valence-corrected chi connectivity index (χ1v) is 11.5. The van der Waals surface area contributed by atoms with Gasteiger partial charge in [-0.1, -0.05) is 24.3 Å². The van der Waals surface area contributed by atoms with Crippen molar-refractivity contribution in [3.8, 4) is 0 Å². The Kier molecular flexibility index (Phi) is 5.97. The van der Waals surface area contributed by atoms with Gasteiger partial charge in [0, 0.05) is 45.3 Å². The number of hydrogen-bond donors (Lipinski definition) is 0. The monoisotopic (exact) mass is 408 g/mol. The van der Waals surface area contributed by atoms with Gasteiger partial charge in [0.1, 0.15) is 0 Å². The summed E-state index contributed by atoms with van der Waals surface area (Å²) in [5.41, 5.74) is 5.17. The lowest BCUT2D eigenvalue weighted by Gasteiger charge is -2.37. The first-order valence-electron chi connectivity index (χ1n) is 11.5. The first-order chi connectivity index (χ1) is 14.8. The van der Waals surface area contributed by atoms with E-state index in [0.717, 1.165) is 70.8 Å². The Morgan fingerprint density at radius 3 is 2.63 bits per heavy atom. The fraction of sp³-hybridized carbons (Fsp3) is 0.583. The third kappa shape index (κ3) is 4.36. The highest BCUT2D eigenvalue weighted by Crippen LogP contribution is 2.28. The van der Waals surface area contributed by atoms with Crippen LogP contribution in [0.15, 0.2) is 35.1 Å². The van der Waals surface area contributed by atoms with Gasteiger partial charge in [0.05, 0.1) is 24.9 Å². The molecule has 2 aliphatic heterocycles. The molecule has 0 spiro atoms. The van der Waals surface area contributed by atoms with Crippen molar-refractivity contribution in [1.82, 2.24) is 19.6 Å². The second-order valence-electron chi connectivity index (χ2n) is 8.84. The molecular formula is C24H32N4O2. The lowest BCUT2D eigenvalue weighted by Crippen LogP contribution is -2.49. The van der Waals surface area contributed by atoms with Gasteiger partial charge in [0.2, 0.25) is 0 Å². The zero-order valence-corrected chi connectivity index (χ0v) is 17.8. The van der Waals surface area contributed by atoms with Crippen LogP contribution < -0.4 is 5.56 Å². The lowest BCUT2D eigenvalue weighted by atomic mass is 9.97. The number of piperazine rings is 1. The van der Waals surface area contributed by atoms with Crippen LogP contribution >= 0.6 is 0 Å². The molecule has 3 heterocycles. The fourth-order valence-electron chi connectivity index (χ4n) is 5.06. The van der Waals surface area contributed by atoms with Gasteiger partial charge in [-0.25, -0.2) is 4.68 Å². The molecule has 1 saturated heterocycles. The summed E-state index contributed by atoms with van der Waals surface area (Å²) in [4.78, 5) is 17.4. The normalized spacial score (nSPS) is 22.5. The molecular weight excluding hydrogens is 376 g/mol. The van der Waals surface area contributed by atoms with E-state index in [1.54, 1.807) is 4.68 Å². The molecule has 6 nitrogen and oxygen atoms in total. The molecule has 1 aliphatic carbocycles. The predicted octanol–water partition coefficient (Wildman–Crippen LogP) is 2.05. The molecule has 3 aliphatic rings. The molecule has 2 aromatic rings. The Hall–Kier alpha value is -2.02. The maximum atomic E-state index is 12.4. The van der Waals surface area contributed by atoms with Crippen molar-refractivity contribution in [3.63, 3.8) is 0 Å². The van der Waals surface area contributed by atoms with Crippen LogP contribution in [0.2, 0.25) is 0 Å². The molecule has 0 N–H and O–H groups in total. The summed E-state index contributed by atoms with van der Waals surface area (Å²) in [6.07, 6.45) is 5.61. The van der Waals surface area contributed by atoms with Crippen molar-refractivity contribution >= 4 is 0 Å². The zero-order valence-electron chi connectivity index (χ0n) is 17.8. The third-order valence-corrected chi connectivity index (χ3v) is 6.88. The van der Waals surface area contributed by atoms with Crippen LogP contribution in [0.4, 0.5) is 0 Å². The van der Waals surface area contributed by atoms with E-state index < -0.39 is 0 Å². The average molecular weight is 409 g/mol. The van der Waals surface area contributed by atoms with E-state index in [4.69, 9.17) is 4.74 Å². The third-order valence-electron chi connectivity index (χ3n) is 6.88. The Balaban J connectivity index is 1.13. The smallest absolute Gasteiger partial charge is 0.267 e. The number of aromatic nitrogens is 2. The topological polar surface area (TPSA) is 50.6 Å². The van der Waals surface area contributed by atoms with E-state index in [1.165, 1.54) is 29.5 Å². The molecule has 0 amide bonds. The van der Waals surface area contributed by atoms with Crippen molar-refractivity contribution in [2.24, 2.45) is 0 Å². The summed E-state index contributed by atoms with van der Waals surface area (Å²) in [7, 11) is 0. The molecule has 1 atom stereocenters. The van der Waals surface area contributed by atoms with E-state index >= 15 is 0 Å². The van der Waals surface area contributed by atoms with E-state index in [-0.39, 0.29) is 11.7 Å². The van der Waals surface area contributed by atoms with Crippen LogP contribution in [-0.2, 0) is 30.5 Å². The number of nitrogens with zero attached hydrogens (tertiary/aromatic N) is 4. The van der Waals surface area contributed by atoms with Crippen molar-refractivity contribution in [3.05, 3.63) is 63.1 Å². The molecule has 1 aromatic heterocycles. The summed E-state index contributed by atoms with van der Waals surface area (Å²) < 4.78 is 7.78. The maximum absolute atomic E-state index is 12.4. The molecule has 1 fully saturated rings. The number of rotatable bonds is 5. The van der Waals surface area contributed by atoms with E-state index in [1.807, 2.05) is 6.07 Å². The Morgan fingerprint density at radius 1 is 0.933 bits per heavy atom. The molecule has 0 bridgehead atoms. The van der Waals surface area contributed by atoms with E-state index in [2.05, 4.69) is 39.2 Å². The van der Waals surface area contributed by atoms with E-state index in [9.17, 15) is 4.79 Å². The lowest BCUT2D eigenvalue weighted by molar-refractivity contribution is 0.00425. The van der Waals surface area contributed by atoms with Gasteiger partial charge in [-0.3, -0.25) is 14.6 Å². The van der Waals surface area contributed by atoms with Gasteiger partial charge in [-0.2, -0.15) is 5.10 Å². The second kappa shape index (κ2) is 9.00. The van der Waals surface area contributed by atoms with Crippen LogP contribution in [0.1, 0.15) is 41.3 Å². The van der Waals surface area contributed by atoms with Gasteiger partial charge < -0.3 is 4.74 Å². The largest absolute Gasteiger partial charge is 0.372 e. The minimum Gasteiger partial charge on any atom is -0.372 e. The molecule has 160 valence electrons. The number of hydrogen-bond acceptors (Lipinski definition) is 5. The van der Waals surface area contributed by atoms with Gasteiger partial charge in [-0.15, -0.1) is 0 Å². The standard InChI is InChI=1S/C24H32N4O2/c29-24-17-20-6-2-4-8-22(20)25-28(24)15-14-26-10-12-27(13-11-26)18-23-21-7-3-1-5-19(21)9-16-30-23/h1,3,5,7,17,23H,2,4,6,8-16,18H2. The highest BCUT2D eigenvalue weighted by atomic mass is 16.5. The summed E-state index contributed by atoms with van der Waals surface area (Å²) in [5.74, 6) is 0. The Bertz CT molecular complexity index is 933. The minimum atomic E-state index is 0.0578. The van der Waals surface area contributed by atoms with Crippen molar-refractivity contribution < 1.29 is 4.74 Å². The average Bonchev–Trinajstić information content (AvgIpc) is 2.79. The molecule has 1 aromatic carbocycles. The van der Waals surface area contributed by atoms with Crippen LogP contribution in [-0.4, -0.2) is 65.5 Å². The van der Waals surface area contributed by atoms with Gasteiger partial charge >= 0.3 is 0 Å². The van der Waals surface area contributed by atoms with Crippen LogP contribution in [0.5, 0.6) is 0 Å². The van der Waals surface area contributed by atoms with Gasteiger partial charge in [0.25, 0.3) is 5.56 Å². The summed E-state index contributed by atoms with van der Waals surface area (Å²) in [5, 5.41) is 4.66. The SMILES string of the molecule is O=c1cc2c(nn1CCN1CCN(CC3OCCc4ccccc43)CC1)CCCC2. The van der Waals surface area contributed by atoms with Crippen molar-refractivity contribution in [2.75, 3.05) is 45.9 Å². The van der Waals surface area contributed by atoms with Gasteiger partial charge in [0.15, 0.2) is 0 Å². The molecule has 5 rings (SSSR count). The number of fused-ring (bicyclic) bond motifs is 2. The number of ether oxygens (including phenoxy) is 1. The second-order valence-corrected chi connectivity index (χ2v) is 8.84. The van der Waals surface area contributed by atoms with Crippen molar-refractivity contribution in [2.45, 2.75) is 44.8 Å². The summed E-state index contributed by atoms with van der Waals surface area (Å²) in [6, 6.07) is 10.5.